The first-order valence-electron chi connectivity index (χ1n) is 25.8. The zero-order chi connectivity index (χ0) is 56.4. The van der Waals surface area contributed by atoms with Crippen LogP contribution in [0.5, 0.6) is 0 Å². The van der Waals surface area contributed by atoms with Gasteiger partial charge in [0.2, 0.25) is 65.0 Å². The summed E-state index contributed by atoms with van der Waals surface area (Å²) in [6.07, 6.45) is 4.74. The molecule has 1 saturated carbocycles. The van der Waals surface area contributed by atoms with E-state index in [4.69, 9.17) is 28.7 Å². The molecule has 3 aliphatic rings. The molecule has 2 aromatic rings. The number of rotatable bonds is 18. The Morgan fingerprint density at radius 3 is 2.10 bits per heavy atom. The van der Waals surface area contributed by atoms with Crippen LogP contribution in [0.1, 0.15) is 103 Å². The van der Waals surface area contributed by atoms with Crippen LogP contribution in [-0.2, 0) is 59.2 Å². The molecular formula is C49H73N15O11S2. The van der Waals surface area contributed by atoms with Crippen molar-refractivity contribution in [3.63, 3.8) is 0 Å². The van der Waals surface area contributed by atoms with Gasteiger partial charge in [-0.25, -0.2) is 0 Å². The summed E-state index contributed by atoms with van der Waals surface area (Å²) in [6.45, 7) is 3.09. The highest BCUT2D eigenvalue weighted by Crippen LogP contribution is 2.48. The lowest BCUT2D eigenvalue weighted by Crippen LogP contribution is -2.61. The summed E-state index contributed by atoms with van der Waals surface area (Å²) in [7, 11) is 2.52. The van der Waals surface area contributed by atoms with Crippen LogP contribution in [0, 0.1) is 5.92 Å². The molecule has 1 aliphatic carbocycles. The van der Waals surface area contributed by atoms with Crippen LogP contribution < -0.4 is 65.9 Å². The topological polar surface area (TPSA) is 433 Å². The van der Waals surface area contributed by atoms with E-state index in [2.05, 4.69) is 47.2 Å². The van der Waals surface area contributed by atoms with Gasteiger partial charge in [-0.05, 0) is 56.1 Å². The van der Waals surface area contributed by atoms with Crippen molar-refractivity contribution in [1.29, 1.82) is 0 Å². The first kappa shape index (κ1) is 60.8. The Bertz CT molecular complexity index is 2540. The molecule has 0 unspecified atom stereocenters. The molecule has 1 aromatic carbocycles. The van der Waals surface area contributed by atoms with E-state index in [-0.39, 0.29) is 56.9 Å². The van der Waals surface area contributed by atoms with Crippen LogP contribution in [0.2, 0.25) is 0 Å². The van der Waals surface area contributed by atoms with Gasteiger partial charge in [-0.1, -0.05) is 79.3 Å². The van der Waals surface area contributed by atoms with Crippen LogP contribution in [0.15, 0.2) is 35.5 Å². The van der Waals surface area contributed by atoms with Gasteiger partial charge in [0.1, 0.15) is 42.3 Å². The molecule has 8 atom stereocenters. The Labute approximate surface area is 453 Å². The molecule has 2 saturated heterocycles. The van der Waals surface area contributed by atoms with E-state index in [1.165, 1.54) is 26.5 Å². The highest BCUT2D eigenvalue weighted by atomic mass is 33.1. The van der Waals surface area contributed by atoms with Gasteiger partial charge in [0.05, 0.1) is 19.4 Å². The van der Waals surface area contributed by atoms with Crippen molar-refractivity contribution in [3.05, 3.63) is 36.0 Å². The molecule has 77 heavy (non-hydrogen) atoms. The number of aliphatic imine (C=N–C) groups is 1. The lowest BCUT2D eigenvalue weighted by atomic mass is 9.85. The number of aromatic nitrogens is 1. The van der Waals surface area contributed by atoms with E-state index < -0.39 is 137 Å². The molecule has 28 heteroatoms. The molecule has 3 fully saturated rings. The number of nitrogens with one attached hydrogen (secondary N) is 8. The van der Waals surface area contributed by atoms with E-state index in [1.54, 1.807) is 20.0 Å². The lowest BCUT2D eigenvalue weighted by molar-refractivity contribution is -0.142. The SMILES string of the molecule is CC[C@H](C)[C@@H]1NC(=O)[C@@H](Cc2c[nH]c3ccccc23)NC(=O)CC2(CCCCC2)SSC[C@@H](C(=O)N2CCC[C@H]2C(=O)N[C@@H](CCCN=C(N)N)C(=O)NCC(N)=O)NC(=O)[C@H](CC(N)=O)NC(=O)[C@@H](CC(N)=O)NC1=O. The minimum Gasteiger partial charge on any atom is -0.370 e. The number of fused-ring (bicyclic) bond motifs is 1. The second-order valence-corrected chi connectivity index (χ2v) is 22.6. The molecule has 2 aliphatic heterocycles. The molecule has 422 valence electrons. The first-order chi connectivity index (χ1) is 36.6. The predicted octanol–water partition coefficient (Wildman–Crippen LogP) is -2.45. The van der Waals surface area contributed by atoms with Crippen molar-refractivity contribution >= 4 is 103 Å². The van der Waals surface area contributed by atoms with Crippen LogP contribution in [0.25, 0.3) is 10.9 Å². The van der Waals surface area contributed by atoms with Gasteiger partial charge in [-0.2, -0.15) is 0 Å². The standard InChI is InChI=1S/C49H73N15O11S2/c1-3-26(2)40-46(74)61-33(21-37(51)66)42(70)60-32(20-36(50)65)43(71)62-34(47(75)64-18-10-14-35(64)45(73)59-30(13-9-17-55-48(53)54)41(69)57-24-38(52)67)25-76-77-49(15-7-4-8-16-49)22-39(68)58-31(44(72)63-40)19-27-23-56-29-12-6-5-11-28(27)29/h5-6,11-12,23,26,30-35,40,56H,3-4,7-10,13-22,24-25H2,1-2H3,(H2,50,65)(H2,51,66)(H2,52,67)(H,57,69)(H,58,68)(H,59,73)(H,60,70)(H,61,74)(H,62,71)(H,63,72)(H4,53,54,55)/t26-,30-,31+,32-,33+,34-,35-,40-/m0/s1. The summed E-state index contributed by atoms with van der Waals surface area (Å²) in [5, 5.41) is 19.1. The maximum absolute atomic E-state index is 14.9. The normalized spacial score (nSPS) is 23.7. The summed E-state index contributed by atoms with van der Waals surface area (Å²) in [5.74, 6) is -10.3. The molecule has 1 aromatic heterocycles. The smallest absolute Gasteiger partial charge is 0.246 e. The molecule has 5 rings (SSSR count). The Morgan fingerprint density at radius 1 is 0.805 bits per heavy atom. The van der Waals surface area contributed by atoms with Gasteiger partial charge >= 0.3 is 0 Å². The van der Waals surface area contributed by atoms with Gasteiger partial charge in [-0.3, -0.25) is 57.7 Å². The Morgan fingerprint density at radius 2 is 1.45 bits per heavy atom. The van der Waals surface area contributed by atoms with Gasteiger partial charge in [-0.15, -0.1) is 0 Å². The maximum atomic E-state index is 14.9. The van der Waals surface area contributed by atoms with Crippen LogP contribution >= 0.6 is 21.6 Å². The molecule has 0 radical (unpaired) electrons. The number of benzene rings is 1. The first-order valence-corrected chi connectivity index (χ1v) is 28.1. The Hall–Kier alpha value is -7.10. The second-order valence-electron chi connectivity index (χ2n) is 19.8. The fourth-order valence-electron chi connectivity index (χ4n) is 9.58. The summed E-state index contributed by atoms with van der Waals surface area (Å²) in [5.41, 5.74) is 28.8. The van der Waals surface area contributed by atoms with E-state index in [0.29, 0.717) is 31.2 Å². The average molecular weight is 1110 g/mol. The van der Waals surface area contributed by atoms with Crippen molar-refractivity contribution < 1.29 is 52.7 Å². The zero-order valence-corrected chi connectivity index (χ0v) is 45.0. The number of carbonyl (C=O) groups is 11. The summed E-state index contributed by atoms with van der Waals surface area (Å²) in [4.78, 5) is 159. The molecule has 26 nitrogen and oxygen atoms in total. The third-order valence-electron chi connectivity index (χ3n) is 13.8. The minimum atomic E-state index is -1.79. The van der Waals surface area contributed by atoms with Gasteiger partial charge in [0.15, 0.2) is 5.96 Å². The monoisotopic (exact) mass is 1110 g/mol. The summed E-state index contributed by atoms with van der Waals surface area (Å²) < 4.78 is -0.730. The quantitative estimate of drug-likeness (QED) is 0.0319. The summed E-state index contributed by atoms with van der Waals surface area (Å²) in [6, 6.07) is -2.49. The molecule has 3 heterocycles. The van der Waals surface area contributed by atoms with Crippen LogP contribution in [0.4, 0.5) is 0 Å². The second kappa shape index (κ2) is 28.9. The Kier molecular flexibility index (Phi) is 22.8. The van der Waals surface area contributed by atoms with Gasteiger partial charge in [0.25, 0.3) is 0 Å². The molecule has 18 N–H and O–H groups in total. The highest BCUT2D eigenvalue weighted by molar-refractivity contribution is 8.77. The average Bonchev–Trinajstić information content (AvgIpc) is 4.04. The van der Waals surface area contributed by atoms with Crippen LogP contribution in [0.3, 0.4) is 0 Å². The third-order valence-corrected chi connectivity index (χ3v) is 17.1. The lowest BCUT2D eigenvalue weighted by Gasteiger charge is -2.37. The fourth-order valence-corrected chi connectivity index (χ4v) is 12.9. The van der Waals surface area contributed by atoms with Crippen molar-refractivity contribution in [2.24, 2.45) is 39.6 Å². The maximum Gasteiger partial charge on any atom is 0.246 e. The van der Waals surface area contributed by atoms with Crippen molar-refractivity contribution in [2.45, 2.75) is 151 Å². The fraction of sp³-hybridized carbons (Fsp3) is 0.592. The van der Waals surface area contributed by atoms with Gasteiger partial charge < -0.3 is 75.8 Å². The van der Waals surface area contributed by atoms with Crippen molar-refractivity contribution in [1.82, 2.24) is 47.1 Å². The molecule has 1 spiro atoms. The zero-order valence-electron chi connectivity index (χ0n) is 43.3. The number of hydrogen-bond acceptors (Lipinski definition) is 14. The minimum absolute atomic E-state index is 0.0147. The molecule has 0 bridgehead atoms. The third kappa shape index (κ3) is 18.0. The number of primary amides is 3. The Balaban J connectivity index is 1.52. The number of carbonyl (C=O) groups excluding carboxylic acids is 11. The number of guanidine groups is 1. The van der Waals surface area contributed by atoms with E-state index in [0.717, 1.165) is 30.2 Å². The summed E-state index contributed by atoms with van der Waals surface area (Å²) >= 11 is 0. The predicted molar refractivity (Wildman–Crippen MR) is 288 cm³/mol. The van der Waals surface area contributed by atoms with Crippen molar-refractivity contribution in [2.75, 3.05) is 25.4 Å². The van der Waals surface area contributed by atoms with E-state index in [9.17, 15) is 52.7 Å². The van der Waals surface area contributed by atoms with Crippen LogP contribution in [-0.4, -0.2) is 153 Å². The number of aromatic amines is 1. The number of likely N-dealkylation sites (tertiary alicyclic amines) is 1. The van der Waals surface area contributed by atoms with Crippen molar-refractivity contribution in [3.8, 4) is 0 Å². The van der Waals surface area contributed by atoms with E-state index in [1.807, 2.05) is 24.3 Å². The molecular weight excluding hydrogens is 1040 g/mol. The number of para-hydroxylation sites is 1. The highest BCUT2D eigenvalue weighted by Gasteiger charge is 2.43. The number of hydrogen-bond donors (Lipinski definition) is 13. The van der Waals surface area contributed by atoms with Gasteiger partial charge in [0, 0.05) is 53.5 Å². The number of nitrogens with zero attached hydrogens (tertiary/aromatic N) is 2. The largest absolute Gasteiger partial charge is 0.370 e. The number of amides is 11. The number of nitrogens with two attached hydrogens (primary N) is 5. The molecule has 11 amide bonds. The van der Waals surface area contributed by atoms with E-state index >= 15 is 0 Å². The number of H-pyrrole nitrogens is 1.